The number of hydrogen-bond donors (Lipinski definition) is 0. The molecule has 0 unspecified atom stereocenters. The Morgan fingerprint density at radius 1 is 1.10 bits per heavy atom. The van der Waals surface area contributed by atoms with Gasteiger partial charge in [-0.2, -0.15) is 0 Å². The van der Waals surface area contributed by atoms with Gasteiger partial charge in [0.15, 0.2) is 0 Å². The Morgan fingerprint density at radius 3 is 2.48 bits per heavy atom. The van der Waals surface area contributed by atoms with Crippen LogP contribution in [0.4, 0.5) is 5.69 Å². The number of anilines is 1. The molecule has 0 saturated carbocycles. The quantitative estimate of drug-likeness (QED) is 0.618. The number of rotatable bonds is 5. The number of hydrogen-bond acceptors (Lipinski definition) is 3. The maximum absolute atomic E-state index is 12.2. The monoisotopic (exact) mass is 299 g/mol. The highest BCUT2D eigenvalue weighted by molar-refractivity contribution is 8.02. The second-order valence-electron chi connectivity index (χ2n) is 4.30. The van der Waals surface area contributed by atoms with Crippen LogP contribution in [0.15, 0.2) is 71.0 Å². The summed E-state index contributed by atoms with van der Waals surface area (Å²) in [6.07, 6.45) is 1.56. The first-order chi connectivity index (χ1) is 10.2. The Kier molecular flexibility index (Phi) is 5.46. The minimum Gasteiger partial charge on any atom is -0.495 e. The van der Waals surface area contributed by atoms with Crippen LogP contribution in [0.25, 0.3) is 0 Å². The van der Waals surface area contributed by atoms with Gasteiger partial charge in [-0.25, -0.2) is 0 Å². The van der Waals surface area contributed by atoms with Crippen LogP contribution in [-0.2, 0) is 4.79 Å². The molecule has 0 heterocycles. The van der Waals surface area contributed by atoms with Crippen molar-refractivity contribution >= 4 is 23.4 Å². The van der Waals surface area contributed by atoms with Gasteiger partial charge in [-0.05, 0) is 29.7 Å². The molecule has 0 fully saturated rings. The Balaban J connectivity index is 2.02. The lowest BCUT2D eigenvalue weighted by Gasteiger charge is -2.18. The topological polar surface area (TPSA) is 29.5 Å². The predicted octanol–water partition coefficient (Wildman–Crippen LogP) is 3.96. The SMILES string of the molecule is COc1ccccc1N(C)C(=O)/C=C/Sc1ccccc1. The van der Waals surface area contributed by atoms with Gasteiger partial charge in [0, 0.05) is 18.0 Å². The highest BCUT2D eigenvalue weighted by Crippen LogP contribution is 2.27. The Hall–Kier alpha value is -2.20. The van der Waals surface area contributed by atoms with E-state index in [2.05, 4.69) is 0 Å². The van der Waals surface area contributed by atoms with Crippen LogP contribution in [0.5, 0.6) is 5.75 Å². The molecule has 2 aromatic rings. The van der Waals surface area contributed by atoms with Gasteiger partial charge in [0.25, 0.3) is 5.91 Å². The van der Waals surface area contributed by atoms with E-state index in [0.29, 0.717) is 5.75 Å². The number of methoxy groups -OCH3 is 1. The van der Waals surface area contributed by atoms with Crippen molar-refractivity contribution in [2.75, 3.05) is 19.1 Å². The molecular formula is C17H17NO2S. The average molecular weight is 299 g/mol. The Labute approximate surface area is 129 Å². The third kappa shape index (κ3) is 4.13. The first-order valence-corrected chi connectivity index (χ1v) is 7.39. The molecule has 4 heteroatoms. The molecular weight excluding hydrogens is 282 g/mol. The summed E-state index contributed by atoms with van der Waals surface area (Å²) in [6.45, 7) is 0. The largest absolute Gasteiger partial charge is 0.495 e. The molecule has 2 rings (SSSR count). The fourth-order valence-electron chi connectivity index (χ4n) is 1.81. The minimum absolute atomic E-state index is 0.0945. The molecule has 0 aliphatic heterocycles. The third-order valence-electron chi connectivity index (χ3n) is 2.94. The molecule has 0 bridgehead atoms. The average Bonchev–Trinajstić information content (AvgIpc) is 2.55. The van der Waals surface area contributed by atoms with Crippen molar-refractivity contribution in [3.05, 3.63) is 66.1 Å². The molecule has 0 saturated heterocycles. The summed E-state index contributed by atoms with van der Waals surface area (Å²) in [7, 11) is 3.33. The summed E-state index contributed by atoms with van der Waals surface area (Å²) in [5.74, 6) is 0.584. The normalized spacial score (nSPS) is 10.6. The second-order valence-corrected chi connectivity index (χ2v) is 5.28. The van der Waals surface area contributed by atoms with Gasteiger partial charge in [0.1, 0.15) is 5.75 Å². The molecule has 1 amide bonds. The van der Waals surface area contributed by atoms with Crippen LogP contribution in [0.3, 0.4) is 0 Å². The van der Waals surface area contributed by atoms with Gasteiger partial charge in [0.05, 0.1) is 12.8 Å². The Bertz CT molecular complexity index is 626. The summed E-state index contributed by atoms with van der Waals surface area (Å²) >= 11 is 1.51. The van der Waals surface area contributed by atoms with Gasteiger partial charge >= 0.3 is 0 Å². The van der Waals surface area contributed by atoms with E-state index in [9.17, 15) is 4.79 Å². The fraction of sp³-hybridized carbons (Fsp3) is 0.118. The zero-order valence-electron chi connectivity index (χ0n) is 12.0. The molecule has 108 valence electrons. The molecule has 0 radical (unpaired) electrons. The van der Waals surface area contributed by atoms with Gasteiger partial charge in [-0.15, -0.1) is 0 Å². The molecule has 2 aromatic carbocycles. The van der Waals surface area contributed by atoms with Crippen LogP contribution < -0.4 is 9.64 Å². The van der Waals surface area contributed by atoms with E-state index < -0.39 is 0 Å². The lowest BCUT2D eigenvalue weighted by molar-refractivity contribution is -0.113. The summed E-state index contributed by atoms with van der Waals surface area (Å²) in [5.41, 5.74) is 0.749. The number of carbonyl (C=O) groups is 1. The van der Waals surface area contributed by atoms with Crippen molar-refractivity contribution in [3.8, 4) is 5.75 Å². The van der Waals surface area contributed by atoms with Crippen molar-refractivity contribution < 1.29 is 9.53 Å². The predicted molar refractivity (Wildman–Crippen MR) is 87.8 cm³/mol. The third-order valence-corrected chi connectivity index (χ3v) is 3.75. The number of para-hydroxylation sites is 2. The van der Waals surface area contributed by atoms with E-state index >= 15 is 0 Å². The van der Waals surface area contributed by atoms with E-state index in [-0.39, 0.29) is 5.91 Å². The smallest absolute Gasteiger partial charge is 0.251 e. The molecule has 0 N–H and O–H groups in total. The molecule has 0 aliphatic carbocycles. The highest BCUT2D eigenvalue weighted by atomic mass is 32.2. The first-order valence-electron chi connectivity index (χ1n) is 6.51. The fourth-order valence-corrected chi connectivity index (χ4v) is 2.46. The molecule has 0 aromatic heterocycles. The summed E-state index contributed by atoms with van der Waals surface area (Å²) in [4.78, 5) is 14.8. The molecule has 3 nitrogen and oxygen atoms in total. The number of nitrogens with zero attached hydrogens (tertiary/aromatic N) is 1. The van der Waals surface area contributed by atoms with Crippen LogP contribution >= 0.6 is 11.8 Å². The first kappa shape index (κ1) is 15.2. The van der Waals surface area contributed by atoms with E-state index in [1.165, 1.54) is 11.8 Å². The molecule has 0 spiro atoms. The van der Waals surface area contributed by atoms with Crippen molar-refractivity contribution in [2.45, 2.75) is 4.90 Å². The summed E-state index contributed by atoms with van der Waals surface area (Å²) in [5, 5.41) is 1.80. The number of amides is 1. The van der Waals surface area contributed by atoms with Crippen LogP contribution in [0.1, 0.15) is 0 Å². The second kappa shape index (κ2) is 7.55. The van der Waals surface area contributed by atoms with E-state index in [4.69, 9.17) is 4.74 Å². The number of benzene rings is 2. The van der Waals surface area contributed by atoms with Gasteiger partial charge in [-0.3, -0.25) is 4.79 Å². The van der Waals surface area contributed by atoms with E-state index in [1.807, 2.05) is 54.6 Å². The highest BCUT2D eigenvalue weighted by Gasteiger charge is 2.11. The van der Waals surface area contributed by atoms with Crippen molar-refractivity contribution in [1.82, 2.24) is 0 Å². The van der Waals surface area contributed by atoms with Crippen LogP contribution in [-0.4, -0.2) is 20.1 Å². The standard InChI is InChI=1S/C17H17NO2S/c1-18(15-10-6-7-11-16(15)20-2)17(19)12-13-21-14-8-4-3-5-9-14/h3-13H,1-2H3/b13-12+. The maximum Gasteiger partial charge on any atom is 0.251 e. The van der Waals surface area contributed by atoms with Crippen molar-refractivity contribution in [3.63, 3.8) is 0 Å². The van der Waals surface area contributed by atoms with Gasteiger partial charge < -0.3 is 9.64 Å². The lowest BCUT2D eigenvalue weighted by atomic mass is 10.2. The van der Waals surface area contributed by atoms with E-state index in [0.717, 1.165) is 10.6 Å². The number of thioether (sulfide) groups is 1. The zero-order valence-corrected chi connectivity index (χ0v) is 12.8. The maximum atomic E-state index is 12.2. The minimum atomic E-state index is -0.0945. The molecule has 0 aliphatic rings. The molecule has 21 heavy (non-hydrogen) atoms. The summed E-state index contributed by atoms with van der Waals surface area (Å²) < 4.78 is 5.27. The summed E-state index contributed by atoms with van der Waals surface area (Å²) in [6, 6.07) is 17.4. The van der Waals surface area contributed by atoms with Crippen molar-refractivity contribution in [2.24, 2.45) is 0 Å². The van der Waals surface area contributed by atoms with Gasteiger partial charge in [-0.1, -0.05) is 42.1 Å². The van der Waals surface area contributed by atoms with Crippen LogP contribution in [0, 0.1) is 0 Å². The van der Waals surface area contributed by atoms with Crippen LogP contribution in [0.2, 0.25) is 0 Å². The van der Waals surface area contributed by atoms with Gasteiger partial charge in [0.2, 0.25) is 0 Å². The van der Waals surface area contributed by atoms with Crippen molar-refractivity contribution in [1.29, 1.82) is 0 Å². The lowest BCUT2D eigenvalue weighted by Crippen LogP contribution is -2.24. The number of ether oxygens (including phenoxy) is 1. The number of carbonyl (C=O) groups excluding carboxylic acids is 1. The molecule has 0 atom stereocenters. The zero-order chi connectivity index (χ0) is 15.1. The number of likely N-dealkylation sites (N-methyl/N-ethyl adjacent to an activating group) is 1. The van der Waals surface area contributed by atoms with E-state index in [1.54, 1.807) is 30.5 Å². The Morgan fingerprint density at radius 2 is 1.76 bits per heavy atom.